The summed E-state index contributed by atoms with van der Waals surface area (Å²) in [5.41, 5.74) is 1.46. The van der Waals surface area contributed by atoms with Gasteiger partial charge in [-0.25, -0.2) is 0 Å². The van der Waals surface area contributed by atoms with Gasteiger partial charge in [0.05, 0.1) is 0 Å². The molecule has 0 atom stereocenters. The maximum atomic E-state index is 2.23. The molecule has 0 saturated heterocycles. The molecule has 0 saturated carbocycles. The average Bonchev–Trinajstić information content (AvgIpc) is 2.50. The van der Waals surface area contributed by atoms with Crippen LogP contribution in [0.2, 0.25) is 0 Å². The molecule has 0 aromatic carbocycles. The van der Waals surface area contributed by atoms with Crippen LogP contribution >= 0.6 is 0 Å². The molecule has 120 valence electrons. The zero-order valence-corrected chi connectivity index (χ0v) is 16.1. The van der Waals surface area contributed by atoms with Gasteiger partial charge in [0.25, 0.3) is 0 Å². The van der Waals surface area contributed by atoms with Crippen molar-refractivity contribution in [2.24, 2.45) is 0 Å². The number of allylic oxidation sites excluding steroid dienone is 4. The topological polar surface area (TPSA) is 0 Å². The minimum atomic E-state index is 1.23. The van der Waals surface area contributed by atoms with Gasteiger partial charge in [0.2, 0.25) is 0 Å². The summed E-state index contributed by atoms with van der Waals surface area (Å²) < 4.78 is 0. The van der Waals surface area contributed by atoms with Crippen molar-refractivity contribution in [3.8, 4) is 0 Å². The van der Waals surface area contributed by atoms with Gasteiger partial charge in [-0.15, -0.1) is 0 Å². The predicted octanol–water partition coefficient (Wildman–Crippen LogP) is 8.19. The maximum Gasteiger partial charge on any atom is -0.0282 e. The molecule has 0 aromatic heterocycles. The van der Waals surface area contributed by atoms with Crippen molar-refractivity contribution in [2.45, 2.75) is 102 Å². The average molecular weight is 273 g/mol. The second-order valence-electron chi connectivity index (χ2n) is 3.17. The largest absolute Gasteiger partial charge is 0.0874 e. The van der Waals surface area contributed by atoms with Crippen LogP contribution in [0.3, 0.4) is 0 Å². The molecular weight excluding hydrogens is 228 g/mol. The van der Waals surface area contributed by atoms with E-state index in [1.54, 1.807) is 0 Å². The smallest absolute Gasteiger partial charge is 0.0282 e. The Morgan fingerprint density at radius 2 is 1.16 bits per heavy atom. The second-order valence-corrected chi connectivity index (χ2v) is 3.17. The van der Waals surface area contributed by atoms with E-state index in [1.807, 2.05) is 41.5 Å². The van der Waals surface area contributed by atoms with E-state index in [2.05, 4.69) is 52.8 Å². The summed E-state index contributed by atoms with van der Waals surface area (Å²) in [4.78, 5) is 0. The van der Waals surface area contributed by atoms with Crippen LogP contribution in [-0.4, -0.2) is 0 Å². The van der Waals surface area contributed by atoms with E-state index >= 15 is 0 Å². The van der Waals surface area contributed by atoms with Gasteiger partial charge in [0.15, 0.2) is 0 Å². The van der Waals surface area contributed by atoms with Crippen molar-refractivity contribution in [1.82, 2.24) is 0 Å². The Bertz CT molecular complexity index is 129. The number of hydrogen-bond acceptors (Lipinski definition) is 0. The molecule has 0 amide bonds. The maximum absolute atomic E-state index is 2.23. The van der Waals surface area contributed by atoms with Gasteiger partial charge in [-0.2, -0.15) is 0 Å². The lowest BCUT2D eigenvalue weighted by Crippen LogP contribution is -1.77. The van der Waals surface area contributed by atoms with Crippen molar-refractivity contribution in [3.63, 3.8) is 0 Å². The zero-order chi connectivity index (χ0) is 16.5. The van der Waals surface area contributed by atoms with Crippen LogP contribution in [0.5, 0.6) is 0 Å². The normalized spacial score (nSPS) is 8.68. The monoisotopic (exact) mass is 272 g/mol. The molecule has 0 nitrogen and oxygen atoms in total. The minimum Gasteiger partial charge on any atom is -0.0874 e. The number of unbranched alkanes of at least 4 members (excludes halogenated alkanes) is 1. The van der Waals surface area contributed by atoms with Gasteiger partial charge in [0.1, 0.15) is 0 Å². The van der Waals surface area contributed by atoms with E-state index in [0.29, 0.717) is 0 Å². The molecule has 0 aromatic rings. The Hall–Kier alpha value is -0.520. The summed E-state index contributed by atoms with van der Waals surface area (Å²) in [6.45, 7) is 22.6. The first-order valence-corrected chi connectivity index (χ1v) is 8.54. The van der Waals surface area contributed by atoms with Gasteiger partial charge in [-0.05, 0) is 26.7 Å². The molecule has 0 aliphatic heterocycles. The van der Waals surface area contributed by atoms with Crippen LogP contribution in [0.1, 0.15) is 102 Å². The third-order valence-electron chi connectivity index (χ3n) is 1.57. The lowest BCUT2D eigenvalue weighted by Gasteiger charge is -1.97. The molecule has 0 aliphatic carbocycles. The summed E-state index contributed by atoms with van der Waals surface area (Å²) in [6, 6.07) is 0. The van der Waals surface area contributed by atoms with E-state index in [1.165, 1.54) is 31.3 Å². The van der Waals surface area contributed by atoms with Crippen molar-refractivity contribution in [1.29, 1.82) is 0 Å². The molecule has 0 aliphatic rings. The Kier molecular flexibility index (Phi) is 86.4. The van der Waals surface area contributed by atoms with Crippen LogP contribution in [0, 0.1) is 0 Å². The highest BCUT2D eigenvalue weighted by atomic mass is 13.9. The summed E-state index contributed by atoms with van der Waals surface area (Å²) in [7, 11) is 0. The van der Waals surface area contributed by atoms with Gasteiger partial charge < -0.3 is 0 Å². The lowest BCUT2D eigenvalue weighted by atomic mass is 10.1. The first kappa shape index (κ1) is 31.1. The van der Waals surface area contributed by atoms with Crippen molar-refractivity contribution in [3.05, 3.63) is 23.8 Å². The SMILES string of the molecule is C/C=C\C(=C/C)CCCC.CC.CC.CC.CCC. The zero-order valence-electron chi connectivity index (χ0n) is 16.1. The van der Waals surface area contributed by atoms with E-state index in [9.17, 15) is 0 Å². The van der Waals surface area contributed by atoms with Crippen LogP contribution in [0.15, 0.2) is 23.8 Å². The number of rotatable bonds is 4. The van der Waals surface area contributed by atoms with Crippen molar-refractivity contribution >= 4 is 0 Å². The Balaban J connectivity index is -0.0000000607. The highest BCUT2D eigenvalue weighted by Crippen LogP contribution is 2.07. The molecule has 19 heavy (non-hydrogen) atoms. The second kappa shape index (κ2) is 52.8. The first-order valence-electron chi connectivity index (χ1n) is 8.54. The Labute approximate surface area is 126 Å². The molecule has 0 spiro atoms. The van der Waals surface area contributed by atoms with Gasteiger partial charge >= 0.3 is 0 Å². The van der Waals surface area contributed by atoms with E-state index in [4.69, 9.17) is 0 Å². The Morgan fingerprint density at radius 1 is 0.789 bits per heavy atom. The highest BCUT2D eigenvalue weighted by Gasteiger charge is 1.87. The quantitative estimate of drug-likeness (QED) is 0.452. The predicted molar refractivity (Wildman–Crippen MR) is 98.1 cm³/mol. The highest BCUT2D eigenvalue weighted by molar-refractivity contribution is 5.16. The van der Waals surface area contributed by atoms with Crippen LogP contribution < -0.4 is 0 Å². The molecule has 0 rings (SSSR count). The van der Waals surface area contributed by atoms with Crippen molar-refractivity contribution in [2.75, 3.05) is 0 Å². The molecule has 0 unspecified atom stereocenters. The summed E-state index contributed by atoms with van der Waals surface area (Å²) in [5.74, 6) is 0. The molecule has 0 heteroatoms. The van der Waals surface area contributed by atoms with Crippen LogP contribution in [0.4, 0.5) is 0 Å². The fraction of sp³-hybridized carbons (Fsp3) is 0.789. The van der Waals surface area contributed by atoms with Crippen molar-refractivity contribution < 1.29 is 0 Å². The first-order chi connectivity index (χ1) is 9.26. The lowest BCUT2D eigenvalue weighted by molar-refractivity contribution is 0.797. The molecule has 0 fully saturated rings. The molecule has 0 N–H and O–H groups in total. The minimum absolute atomic E-state index is 1.23. The standard InChI is InChI=1S/C10H18.C3H8.3C2H6/c1-4-7-9-10(6-3)8-5-2;1-3-2;3*1-2/h5-6,8H,4,7,9H2,1-3H3;3H2,1-2H3;3*1-2H3/b8-5-,10-6+;;;;. The van der Waals surface area contributed by atoms with E-state index in [-0.39, 0.29) is 0 Å². The fourth-order valence-corrected chi connectivity index (χ4v) is 0.919. The van der Waals surface area contributed by atoms with Crippen LogP contribution in [0.25, 0.3) is 0 Å². The van der Waals surface area contributed by atoms with Crippen LogP contribution in [-0.2, 0) is 0 Å². The summed E-state index contributed by atoms with van der Waals surface area (Å²) in [6.07, 6.45) is 11.6. The summed E-state index contributed by atoms with van der Waals surface area (Å²) in [5, 5.41) is 0. The molecule has 0 heterocycles. The van der Waals surface area contributed by atoms with E-state index < -0.39 is 0 Å². The Morgan fingerprint density at radius 3 is 1.37 bits per heavy atom. The van der Waals surface area contributed by atoms with Gasteiger partial charge in [-0.3, -0.25) is 0 Å². The van der Waals surface area contributed by atoms with E-state index in [0.717, 1.165) is 0 Å². The third-order valence-corrected chi connectivity index (χ3v) is 1.57. The third kappa shape index (κ3) is 58.2. The molecular formula is C19H44. The summed E-state index contributed by atoms with van der Waals surface area (Å²) >= 11 is 0. The van der Waals surface area contributed by atoms with Gasteiger partial charge in [0, 0.05) is 0 Å². The number of hydrogen-bond donors (Lipinski definition) is 0. The van der Waals surface area contributed by atoms with Gasteiger partial charge in [-0.1, -0.05) is 99.0 Å². The molecule has 0 radical (unpaired) electrons. The fourth-order valence-electron chi connectivity index (χ4n) is 0.919. The molecule has 0 bridgehead atoms.